The first-order chi connectivity index (χ1) is 12.1. The van der Waals surface area contributed by atoms with Gasteiger partial charge in [0.2, 0.25) is 0 Å². The fourth-order valence-electron chi connectivity index (χ4n) is 2.96. The molecule has 1 aromatic carbocycles. The third-order valence-corrected chi connectivity index (χ3v) is 3.92. The first-order valence-electron chi connectivity index (χ1n) is 7.98. The van der Waals surface area contributed by atoms with E-state index in [-0.39, 0.29) is 13.2 Å². The van der Waals surface area contributed by atoms with Gasteiger partial charge in [0.15, 0.2) is 0 Å². The third kappa shape index (κ3) is 2.79. The van der Waals surface area contributed by atoms with Crippen LogP contribution in [0.3, 0.4) is 0 Å². The second kappa shape index (κ2) is 6.84. The first kappa shape index (κ1) is 16.8. The Balaban J connectivity index is 2.11. The molecule has 2 amide bonds. The van der Waals surface area contributed by atoms with E-state index in [1.807, 2.05) is 0 Å². The largest absolute Gasteiger partial charge is 0.449 e. The molecule has 0 aliphatic carbocycles. The molecule has 1 unspecified atom stereocenters. The van der Waals surface area contributed by atoms with Crippen LogP contribution in [0.5, 0.6) is 0 Å². The molecule has 0 saturated heterocycles. The van der Waals surface area contributed by atoms with Gasteiger partial charge in [-0.15, -0.1) is 0 Å². The first-order valence-corrected chi connectivity index (χ1v) is 7.98. The molecule has 25 heavy (non-hydrogen) atoms. The number of ether oxygens (including phenoxy) is 3. The number of hydrogen-bond donors (Lipinski definition) is 0. The molecule has 0 bridgehead atoms. The Hall–Kier alpha value is -3.03. The number of esters is 1. The zero-order valence-corrected chi connectivity index (χ0v) is 13.9. The quantitative estimate of drug-likeness (QED) is 0.618. The molecule has 0 aromatic heterocycles. The minimum atomic E-state index is -0.957. The van der Waals surface area contributed by atoms with Crippen molar-refractivity contribution in [2.75, 3.05) is 23.0 Å². The Morgan fingerprint density at radius 3 is 1.96 bits per heavy atom. The van der Waals surface area contributed by atoms with E-state index < -0.39 is 30.2 Å². The molecule has 2 heterocycles. The lowest BCUT2D eigenvalue weighted by molar-refractivity contribution is -0.139. The molecule has 132 valence electrons. The van der Waals surface area contributed by atoms with Crippen molar-refractivity contribution >= 4 is 29.5 Å². The number of hydrogen-bond acceptors (Lipinski definition) is 6. The summed E-state index contributed by atoms with van der Waals surface area (Å²) in [6, 6.07) is 6.84. The predicted molar refractivity (Wildman–Crippen MR) is 88.0 cm³/mol. The molecule has 1 aromatic rings. The van der Waals surface area contributed by atoms with E-state index in [2.05, 4.69) is 0 Å². The second-order valence-corrected chi connectivity index (χ2v) is 5.33. The highest BCUT2D eigenvalue weighted by atomic mass is 16.6. The van der Waals surface area contributed by atoms with E-state index in [0.717, 1.165) is 0 Å². The number of para-hydroxylation sites is 2. The number of fused-ring (bicyclic) bond motifs is 1. The van der Waals surface area contributed by atoms with Crippen LogP contribution in [0.2, 0.25) is 0 Å². The third-order valence-electron chi connectivity index (χ3n) is 3.92. The van der Waals surface area contributed by atoms with Gasteiger partial charge in [-0.25, -0.2) is 9.59 Å². The molecule has 0 N–H and O–H groups in total. The summed E-state index contributed by atoms with van der Waals surface area (Å²) in [4.78, 5) is 39.8. The zero-order valence-electron chi connectivity index (χ0n) is 13.9. The Morgan fingerprint density at radius 2 is 1.56 bits per heavy atom. The van der Waals surface area contributed by atoms with Crippen LogP contribution >= 0.6 is 0 Å². The van der Waals surface area contributed by atoms with Crippen molar-refractivity contribution in [3.8, 4) is 0 Å². The summed E-state index contributed by atoms with van der Waals surface area (Å²) in [6.07, 6.45) is 0.501. The number of nitrogens with zero attached hydrogens (tertiary/aromatic N) is 2. The van der Waals surface area contributed by atoms with Crippen molar-refractivity contribution in [3.05, 3.63) is 36.6 Å². The van der Waals surface area contributed by atoms with Gasteiger partial charge in [0.05, 0.1) is 30.9 Å². The molecule has 2 aliphatic heterocycles. The zero-order chi connectivity index (χ0) is 18.0. The van der Waals surface area contributed by atoms with Gasteiger partial charge >= 0.3 is 18.2 Å². The van der Waals surface area contributed by atoms with Crippen LogP contribution in [0.4, 0.5) is 21.0 Å². The van der Waals surface area contributed by atoms with E-state index in [1.165, 1.54) is 22.1 Å². The topological polar surface area (TPSA) is 85.4 Å². The average molecular weight is 346 g/mol. The Labute approximate surface area is 144 Å². The maximum Gasteiger partial charge on any atom is 0.416 e. The molecule has 2 aliphatic rings. The summed E-state index contributed by atoms with van der Waals surface area (Å²) in [7, 11) is 0. The predicted octanol–water partition coefficient (Wildman–Crippen LogP) is 2.64. The van der Waals surface area contributed by atoms with Crippen LogP contribution in [0, 0.1) is 5.92 Å². The van der Waals surface area contributed by atoms with Crippen molar-refractivity contribution in [2.45, 2.75) is 20.0 Å². The van der Waals surface area contributed by atoms with Crippen LogP contribution in [0.25, 0.3) is 0 Å². The molecule has 0 saturated carbocycles. The van der Waals surface area contributed by atoms with Gasteiger partial charge in [0.25, 0.3) is 0 Å². The molecule has 0 fully saturated rings. The lowest BCUT2D eigenvalue weighted by atomic mass is 10.1. The maximum atomic E-state index is 12.6. The number of amides is 2. The number of anilines is 2. The lowest BCUT2D eigenvalue weighted by Crippen LogP contribution is -2.54. The fraction of sp³-hybridized carbons (Fsp3) is 0.353. The van der Waals surface area contributed by atoms with Crippen molar-refractivity contribution in [3.63, 3.8) is 0 Å². The summed E-state index contributed by atoms with van der Waals surface area (Å²) in [5, 5.41) is 0. The molecule has 8 heteroatoms. The number of rotatable bonds is 3. The van der Waals surface area contributed by atoms with Gasteiger partial charge < -0.3 is 14.2 Å². The van der Waals surface area contributed by atoms with Gasteiger partial charge in [0.1, 0.15) is 12.1 Å². The monoisotopic (exact) mass is 346 g/mol. The molecule has 8 nitrogen and oxygen atoms in total. The van der Waals surface area contributed by atoms with Crippen molar-refractivity contribution in [2.24, 2.45) is 5.92 Å². The van der Waals surface area contributed by atoms with Crippen LogP contribution in [-0.4, -0.2) is 37.5 Å². The Kier molecular flexibility index (Phi) is 4.60. The molecule has 1 atom stereocenters. The maximum absolute atomic E-state index is 12.6. The minimum Gasteiger partial charge on any atom is -0.449 e. The van der Waals surface area contributed by atoms with E-state index in [0.29, 0.717) is 11.4 Å². The van der Waals surface area contributed by atoms with Gasteiger partial charge in [-0.2, -0.15) is 0 Å². The lowest BCUT2D eigenvalue weighted by Gasteiger charge is -2.31. The molecular weight excluding hydrogens is 328 g/mol. The van der Waals surface area contributed by atoms with E-state index in [4.69, 9.17) is 14.2 Å². The summed E-state index contributed by atoms with van der Waals surface area (Å²) in [5.41, 5.74) is 0.930. The van der Waals surface area contributed by atoms with Crippen molar-refractivity contribution in [1.82, 2.24) is 0 Å². The molecule has 3 rings (SSSR count). The van der Waals surface area contributed by atoms with Gasteiger partial charge in [-0.05, 0) is 32.1 Å². The smallest absolute Gasteiger partial charge is 0.416 e. The average Bonchev–Trinajstić information content (AvgIpc) is 3.15. The van der Waals surface area contributed by atoms with Gasteiger partial charge in [0, 0.05) is 0 Å². The van der Waals surface area contributed by atoms with Gasteiger partial charge in [-0.3, -0.25) is 14.6 Å². The van der Waals surface area contributed by atoms with Crippen molar-refractivity contribution < 1.29 is 28.6 Å². The van der Waals surface area contributed by atoms with Crippen LogP contribution < -0.4 is 9.80 Å². The molecular formula is C17H18N2O6. The molecule has 0 spiro atoms. The summed E-state index contributed by atoms with van der Waals surface area (Å²) < 4.78 is 15.1. The van der Waals surface area contributed by atoms with E-state index >= 15 is 0 Å². The minimum absolute atomic E-state index is 0.161. The van der Waals surface area contributed by atoms with Gasteiger partial charge in [-0.1, -0.05) is 12.1 Å². The van der Waals surface area contributed by atoms with Crippen LogP contribution in [-0.2, 0) is 19.0 Å². The normalized spacial score (nSPS) is 19.0. The van der Waals surface area contributed by atoms with Crippen LogP contribution in [0.15, 0.2) is 36.6 Å². The van der Waals surface area contributed by atoms with E-state index in [9.17, 15) is 14.4 Å². The number of carbonyl (C=O) groups is 3. The highest BCUT2D eigenvalue weighted by Gasteiger charge is 2.50. The van der Waals surface area contributed by atoms with E-state index in [1.54, 1.807) is 38.1 Å². The highest BCUT2D eigenvalue weighted by molar-refractivity contribution is 6.06. The fourth-order valence-corrected chi connectivity index (χ4v) is 2.96. The Bertz CT molecular complexity index is 687. The Morgan fingerprint density at radius 1 is 1.04 bits per heavy atom. The summed E-state index contributed by atoms with van der Waals surface area (Å²) >= 11 is 0. The second-order valence-electron chi connectivity index (χ2n) is 5.33. The number of carbonyl (C=O) groups excluding carboxylic acids is 3. The summed E-state index contributed by atoms with van der Waals surface area (Å²) in [6.45, 7) is 3.69. The number of cyclic esters (lactones) is 1. The molecule has 0 radical (unpaired) electrons. The number of benzene rings is 1. The standard InChI is InChI=1S/C17H18N2O6/c1-3-23-16(21)18-12-7-5-6-8-13(12)19(17(22)24-4-2)14(18)11-9-10-25-15(11)20/h5-11,14H,3-4H2,1-2H3. The van der Waals surface area contributed by atoms with Crippen LogP contribution in [0.1, 0.15) is 13.8 Å². The highest BCUT2D eigenvalue weighted by Crippen LogP contribution is 2.43. The summed E-state index contributed by atoms with van der Waals surface area (Å²) in [5.74, 6) is -1.40. The van der Waals surface area contributed by atoms with Crippen molar-refractivity contribution in [1.29, 1.82) is 0 Å². The SMILES string of the molecule is CCOC(=O)N1c2ccccc2N(C(=O)OCC)C1C1C=COC1=O.